The summed E-state index contributed by atoms with van der Waals surface area (Å²) in [5.41, 5.74) is 7.23. The quantitative estimate of drug-likeness (QED) is 0.662. The zero-order chi connectivity index (χ0) is 15.0. The van der Waals surface area contributed by atoms with Crippen LogP contribution in [0, 0.1) is 0 Å². The minimum absolute atomic E-state index is 0.107. The zero-order valence-corrected chi connectivity index (χ0v) is 12.0. The van der Waals surface area contributed by atoms with E-state index in [1.54, 1.807) is 11.9 Å². The number of hydrogen-bond acceptors (Lipinski definition) is 4. The van der Waals surface area contributed by atoms with Gasteiger partial charge in [-0.2, -0.15) is 0 Å². The van der Waals surface area contributed by atoms with Crippen molar-refractivity contribution in [3.63, 3.8) is 0 Å². The van der Waals surface area contributed by atoms with E-state index < -0.39 is 0 Å². The third-order valence-corrected chi connectivity index (χ3v) is 2.91. The first-order chi connectivity index (χ1) is 9.58. The van der Waals surface area contributed by atoms with E-state index in [1.807, 2.05) is 31.2 Å². The van der Waals surface area contributed by atoms with Crippen LogP contribution in [0.3, 0.4) is 0 Å². The smallest absolute Gasteiger partial charge is 0.238 e. The second-order valence-electron chi connectivity index (χ2n) is 4.43. The monoisotopic (exact) mass is 278 g/mol. The predicted octanol–water partition coefficient (Wildman–Crippen LogP) is 0.152. The number of rotatable bonds is 7. The van der Waals surface area contributed by atoms with Gasteiger partial charge in [0.25, 0.3) is 0 Å². The molecule has 0 aliphatic carbocycles. The SMILES string of the molecule is CCN(CC(=O)NC)CC(=O)Nc1cccc(CN)c1. The Morgan fingerprint density at radius 3 is 2.55 bits per heavy atom. The topological polar surface area (TPSA) is 87.5 Å². The molecule has 0 aliphatic heterocycles. The number of carbonyl (C=O) groups is 2. The van der Waals surface area contributed by atoms with Crippen molar-refractivity contribution < 1.29 is 9.59 Å². The molecular formula is C14H22N4O2. The number of benzene rings is 1. The van der Waals surface area contributed by atoms with Crippen LogP contribution in [-0.2, 0) is 16.1 Å². The Morgan fingerprint density at radius 1 is 1.25 bits per heavy atom. The maximum absolute atomic E-state index is 11.9. The van der Waals surface area contributed by atoms with Gasteiger partial charge in [-0.05, 0) is 24.2 Å². The van der Waals surface area contributed by atoms with Gasteiger partial charge in [0.15, 0.2) is 0 Å². The second-order valence-corrected chi connectivity index (χ2v) is 4.43. The summed E-state index contributed by atoms with van der Waals surface area (Å²) in [4.78, 5) is 25.0. The fourth-order valence-corrected chi connectivity index (χ4v) is 1.74. The summed E-state index contributed by atoms with van der Waals surface area (Å²) >= 11 is 0. The van der Waals surface area contributed by atoms with Crippen LogP contribution in [-0.4, -0.2) is 43.4 Å². The maximum Gasteiger partial charge on any atom is 0.238 e. The number of amides is 2. The molecule has 1 aromatic rings. The lowest BCUT2D eigenvalue weighted by atomic mass is 10.2. The molecule has 0 saturated carbocycles. The zero-order valence-electron chi connectivity index (χ0n) is 12.0. The first kappa shape index (κ1) is 16.1. The number of nitrogens with one attached hydrogen (secondary N) is 2. The van der Waals surface area contributed by atoms with Crippen molar-refractivity contribution in [1.82, 2.24) is 10.2 Å². The van der Waals surface area contributed by atoms with Gasteiger partial charge in [-0.3, -0.25) is 14.5 Å². The van der Waals surface area contributed by atoms with Gasteiger partial charge < -0.3 is 16.4 Å². The maximum atomic E-state index is 11.9. The molecule has 0 fully saturated rings. The summed E-state index contributed by atoms with van der Waals surface area (Å²) in [6.45, 7) is 3.36. The van der Waals surface area contributed by atoms with E-state index in [0.29, 0.717) is 18.8 Å². The number of anilines is 1. The van der Waals surface area contributed by atoms with Gasteiger partial charge >= 0.3 is 0 Å². The molecule has 0 unspecified atom stereocenters. The third-order valence-electron chi connectivity index (χ3n) is 2.91. The average molecular weight is 278 g/mol. The molecule has 0 bridgehead atoms. The highest BCUT2D eigenvalue weighted by molar-refractivity contribution is 5.92. The summed E-state index contributed by atoms with van der Waals surface area (Å²) in [7, 11) is 1.58. The van der Waals surface area contributed by atoms with Crippen LogP contribution in [0.25, 0.3) is 0 Å². The minimum Gasteiger partial charge on any atom is -0.358 e. The summed E-state index contributed by atoms with van der Waals surface area (Å²) in [5, 5.41) is 5.35. The van der Waals surface area contributed by atoms with Gasteiger partial charge in [-0.15, -0.1) is 0 Å². The molecular weight excluding hydrogens is 256 g/mol. The van der Waals surface area contributed by atoms with Crippen molar-refractivity contribution in [2.45, 2.75) is 13.5 Å². The molecule has 0 atom stereocenters. The lowest BCUT2D eigenvalue weighted by molar-refractivity contribution is -0.123. The predicted molar refractivity (Wildman–Crippen MR) is 79.1 cm³/mol. The van der Waals surface area contributed by atoms with E-state index in [2.05, 4.69) is 10.6 Å². The highest BCUT2D eigenvalue weighted by Gasteiger charge is 2.12. The highest BCUT2D eigenvalue weighted by atomic mass is 16.2. The molecule has 0 heterocycles. The van der Waals surface area contributed by atoms with Gasteiger partial charge in [0.05, 0.1) is 13.1 Å². The number of likely N-dealkylation sites (N-methyl/N-ethyl adjacent to an activating group) is 2. The molecule has 0 radical (unpaired) electrons. The average Bonchev–Trinajstić information content (AvgIpc) is 2.46. The Kier molecular flexibility index (Phi) is 6.69. The molecule has 20 heavy (non-hydrogen) atoms. The number of hydrogen-bond donors (Lipinski definition) is 3. The van der Waals surface area contributed by atoms with Crippen molar-refractivity contribution in [3.05, 3.63) is 29.8 Å². The van der Waals surface area contributed by atoms with Gasteiger partial charge in [0.2, 0.25) is 11.8 Å². The van der Waals surface area contributed by atoms with Crippen LogP contribution >= 0.6 is 0 Å². The van der Waals surface area contributed by atoms with Gasteiger partial charge in [0.1, 0.15) is 0 Å². The Morgan fingerprint density at radius 2 is 1.95 bits per heavy atom. The summed E-state index contributed by atoms with van der Waals surface area (Å²) in [6.07, 6.45) is 0. The Balaban J connectivity index is 2.54. The number of nitrogens with zero attached hydrogens (tertiary/aromatic N) is 1. The molecule has 0 aliphatic rings. The van der Waals surface area contributed by atoms with Gasteiger partial charge in [0, 0.05) is 19.3 Å². The summed E-state index contributed by atoms with van der Waals surface area (Å²) in [6, 6.07) is 7.40. The third kappa shape index (κ3) is 5.38. The first-order valence-electron chi connectivity index (χ1n) is 6.60. The van der Waals surface area contributed by atoms with E-state index in [1.165, 1.54) is 0 Å². The molecule has 2 amide bonds. The standard InChI is InChI=1S/C14H22N4O2/c1-3-18(9-13(19)16-2)10-14(20)17-12-6-4-5-11(7-12)8-15/h4-7H,3,8-10,15H2,1-2H3,(H,16,19)(H,17,20). The molecule has 6 nitrogen and oxygen atoms in total. The van der Waals surface area contributed by atoms with E-state index in [4.69, 9.17) is 5.73 Å². The van der Waals surface area contributed by atoms with Crippen molar-refractivity contribution in [1.29, 1.82) is 0 Å². The van der Waals surface area contributed by atoms with Crippen molar-refractivity contribution in [2.24, 2.45) is 5.73 Å². The fourth-order valence-electron chi connectivity index (χ4n) is 1.74. The molecule has 4 N–H and O–H groups in total. The Bertz CT molecular complexity index is 462. The van der Waals surface area contributed by atoms with Crippen LogP contribution in [0.5, 0.6) is 0 Å². The Hall–Kier alpha value is -1.92. The molecule has 0 saturated heterocycles. The second kappa shape index (κ2) is 8.29. The molecule has 110 valence electrons. The Labute approximate surface area is 119 Å². The minimum atomic E-state index is -0.148. The first-order valence-corrected chi connectivity index (χ1v) is 6.60. The largest absolute Gasteiger partial charge is 0.358 e. The summed E-state index contributed by atoms with van der Waals surface area (Å²) < 4.78 is 0. The van der Waals surface area contributed by atoms with Crippen LogP contribution in [0.1, 0.15) is 12.5 Å². The van der Waals surface area contributed by atoms with Crippen LogP contribution in [0.2, 0.25) is 0 Å². The molecule has 6 heteroatoms. The van der Waals surface area contributed by atoms with Crippen LogP contribution in [0.15, 0.2) is 24.3 Å². The van der Waals surface area contributed by atoms with Gasteiger partial charge in [-0.25, -0.2) is 0 Å². The molecule has 1 aromatic carbocycles. The molecule has 0 spiro atoms. The lowest BCUT2D eigenvalue weighted by Crippen LogP contribution is -2.40. The lowest BCUT2D eigenvalue weighted by Gasteiger charge is -2.18. The molecule has 1 rings (SSSR count). The van der Waals surface area contributed by atoms with Crippen molar-refractivity contribution in [3.8, 4) is 0 Å². The van der Waals surface area contributed by atoms with Crippen molar-refractivity contribution >= 4 is 17.5 Å². The number of carbonyl (C=O) groups excluding carboxylic acids is 2. The van der Waals surface area contributed by atoms with E-state index in [-0.39, 0.29) is 24.9 Å². The van der Waals surface area contributed by atoms with E-state index in [9.17, 15) is 9.59 Å². The summed E-state index contributed by atoms with van der Waals surface area (Å²) in [5.74, 6) is -0.255. The van der Waals surface area contributed by atoms with Crippen LogP contribution in [0.4, 0.5) is 5.69 Å². The normalized spacial score (nSPS) is 10.4. The van der Waals surface area contributed by atoms with E-state index >= 15 is 0 Å². The number of nitrogens with two attached hydrogens (primary N) is 1. The van der Waals surface area contributed by atoms with Crippen molar-refractivity contribution in [2.75, 3.05) is 32.0 Å². The molecule has 0 aromatic heterocycles. The van der Waals surface area contributed by atoms with E-state index in [0.717, 1.165) is 5.56 Å². The fraction of sp³-hybridized carbons (Fsp3) is 0.429. The van der Waals surface area contributed by atoms with Crippen LogP contribution < -0.4 is 16.4 Å². The highest BCUT2D eigenvalue weighted by Crippen LogP contribution is 2.10. The van der Waals surface area contributed by atoms with Gasteiger partial charge in [-0.1, -0.05) is 19.1 Å².